The van der Waals surface area contributed by atoms with Crippen molar-refractivity contribution < 1.29 is 17.9 Å². The third-order valence-corrected chi connectivity index (χ3v) is 9.93. The van der Waals surface area contributed by atoms with Crippen LogP contribution in [0.1, 0.15) is 128 Å². The summed E-state index contributed by atoms with van der Waals surface area (Å²) in [5, 5.41) is 0. The highest BCUT2D eigenvalue weighted by atomic mass is 32.2. The number of hydrogen-bond donors (Lipinski definition) is 0. The van der Waals surface area contributed by atoms with Gasteiger partial charge in [0.25, 0.3) is 0 Å². The van der Waals surface area contributed by atoms with Crippen molar-refractivity contribution >= 4 is 9.84 Å². The second-order valence-corrected chi connectivity index (χ2v) is 13.4. The summed E-state index contributed by atoms with van der Waals surface area (Å²) >= 11 is 0. The summed E-state index contributed by atoms with van der Waals surface area (Å²) in [6, 6.07) is 11.0. The zero-order valence-corrected chi connectivity index (χ0v) is 28.0. The van der Waals surface area contributed by atoms with Crippen LogP contribution < -0.4 is 9.47 Å². The second-order valence-electron chi connectivity index (χ2n) is 11.5. The molecule has 0 unspecified atom stereocenters. The lowest BCUT2D eigenvalue weighted by Gasteiger charge is -2.17. The summed E-state index contributed by atoms with van der Waals surface area (Å²) in [7, 11) is -3.71. The van der Waals surface area contributed by atoms with Gasteiger partial charge >= 0.3 is 0 Å². The molecule has 0 saturated carbocycles. The summed E-state index contributed by atoms with van der Waals surface area (Å²) in [4.78, 5) is 0.815. The lowest BCUT2D eigenvalue weighted by atomic mass is 10.0. The number of hydrogen-bond acceptors (Lipinski definition) is 4. The van der Waals surface area contributed by atoms with Crippen LogP contribution in [0.2, 0.25) is 0 Å². The molecule has 2 aromatic carbocycles. The standard InChI is InChI=1S/C38H58O4S/c1-5-9-11-13-15-17-19-21-23-25-33-31-35(41-7-3)27-29-37(33)43(39,40)38-30-28-36(42-8-4)32-34(38)26-24-22-20-18-16-14-12-10-6-2/h5-6,27-32H,1-2,7-26H2,3-4H3. The summed E-state index contributed by atoms with van der Waals surface area (Å²) < 4.78 is 40.0. The van der Waals surface area contributed by atoms with Crippen molar-refractivity contribution in [3.05, 3.63) is 72.8 Å². The minimum Gasteiger partial charge on any atom is -0.494 e. The minimum absolute atomic E-state index is 0.408. The molecule has 0 atom stereocenters. The van der Waals surface area contributed by atoms with E-state index in [1.54, 1.807) is 24.3 Å². The molecular weight excluding hydrogens is 552 g/mol. The fraction of sp³-hybridized carbons (Fsp3) is 0.579. The molecule has 0 spiro atoms. The van der Waals surface area contributed by atoms with Crippen LogP contribution in [0, 0.1) is 0 Å². The van der Waals surface area contributed by atoms with E-state index in [4.69, 9.17) is 9.47 Å². The molecule has 5 heteroatoms. The van der Waals surface area contributed by atoms with Gasteiger partial charge in [0.1, 0.15) is 11.5 Å². The Morgan fingerprint density at radius 2 is 0.907 bits per heavy atom. The number of aryl methyl sites for hydroxylation is 2. The van der Waals surface area contributed by atoms with Crippen molar-refractivity contribution in [3.8, 4) is 11.5 Å². The maximum atomic E-state index is 14.2. The Balaban J connectivity index is 2.14. The van der Waals surface area contributed by atoms with Crippen LogP contribution >= 0.6 is 0 Å². The van der Waals surface area contributed by atoms with Crippen LogP contribution in [-0.2, 0) is 22.7 Å². The molecule has 0 amide bonds. The zero-order valence-electron chi connectivity index (χ0n) is 27.2. The van der Waals surface area contributed by atoms with E-state index in [0.717, 1.165) is 74.0 Å². The predicted octanol–water partition coefficient (Wildman–Crippen LogP) is 11.0. The van der Waals surface area contributed by atoms with Crippen LogP contribution in [0.3, 0.4) is 0 Å². The molecule has 240 valence electrons. The van der Waals surface area contributed by atoms with Crippen molar-refractivity contribution in [1.82, 2.24) is 0 Å². The van der Waals surface area contributed by atoms with Gasteiger partial charge in [-0.25, -0.2) is 8.42 Å². The third kappa shape index (κ3) is 13.8. The fourth-order valence-corrected chi connectivity index (χ4v) is 7.38. The Labute approximate surface area is 263 Å². The summed E-state index contributed by atoms with van der Waals surface area (Å²) in [5.74, 6) is 1.46. The van der Waals surface area contributed by atoms with Crippen molar-refractivity contribution in [1.29, 1.82) is 0 Å². The normalized spacial score (nSPS) is 11.4. The van der Waals surface area contributed by atoms with Gasteiger partial charge in [-0.3, -0.25) is 0 Å². The van der Waals surface area contributed by atoms with Crippen LogP contribution in [0.15, 0.2) is 71.5 Å². The first-order chi connectivity index (χ1) is 21.0. The van der Waals surface area contributed by atoms with E-state index >= 15 is 0 Å². The van der Waals surface area contributed by atoms with Crippen LogP contribution in [-0.4, -0.2) is 21.6 Å². The van der Waals surface area contributed by atoms with Gasteiger partial charge in [0.2, 0.25) is 9.84 Å². The average molecular weight is 611 g/mol. The van der Waals surface area contributed by atoms with E-state index in [1.807, 2.05) is 38.1 Å². The maximum Gasteiger partial charge on any atom is 0.207 e. The molecule has 0 fully saturated rings. The molecule has 2 aromatic rings. The van der Waals surface area contributed by atoms with Gasteiger partial charge in [0.15, 0.2) is 0 Å². The first-order valence-corrected chi connectivity index (χ1v) is 18.4. The smallest absolute Gasteiger partial charge is 0.207 e. The lowest BCUT2D eigenvalue weighted by Crippen LogP contribution is -2.10. The van der Waals surface area contributed by atoms with E-state index in [1.165, 1.54) is 64.2 Å². The fourth-order valence-electron chi connectivity index (χ4n) is 5.63. The molecule has 0 radical (unpaired) electrons. The molecule has 0 heterocycles. The SMILES string of the molecule is C=CCCCCCCCCCc1cc(OCC)ccc1S(=O)(=O)c1ccc(OCC)cc1CCCCCCCCCC=C. The zero-order chi connectivity index (χ0) is 31.2. The molecule has 0 aliphatic rings. The van der Waals surface area contributed by atoms with Gasteiger partial charge in [-0.2, -0.15) is 0 Å². The quantitative estimate of drug-likeness (QED) is 0.0785. The highest BCUT2D eigenvalue weighted by molar-refractivity contribution is 7.91. The van der Waals surface area contributed by atoms with Crippen molar-refractivity contribution in [3.63, 3.8) is 0 Å². The topological polar surface area (TPSA) is 52.6 Å². The number of ether oxygens (including phenoxy) is 2. The lowest BCUT2D eigenvalue weighted by molar-refractivity contribution is 0.339. The summed E-state index contributed by atoms with van der Waals surface area (Å²) in [6.07, 6.45) is 24.0. The van der Waals surface area contributed by atoms with Crippen molar-refractivity contribution in [2.45, 2.75) is 139 Å². The first-order valence-electron chi connectivity index (χ1n) is 17.0. The van der Waals surface area contributed by atoms with E-state index in [-0.39, 0.29) is 0 Å². The number of sulfone groups is 1. The molecule has 4 nitrogen and oxygen atoms in total. The molecule has 0 bridgehead atoms. The number of unbranched alkanes of at least 4 members (excludes halogenated alkanes) is 14. The van der Waals surface area contributed by atoms with E-state index in [9.17, 15) is 8.42 Å². The van der Waals surface area contributed by atoms with Gasteiger partial charge in [0.05, 0.1) is 23.0 Å². The van der Waals surface area contributed by atoms with E-state index in [2.05, 4.69) is 13.2 Å². The Morgan fingerprint density at radius 3 is 1.26 bits per heavy atom. The predicted molar refractivity (Wildman–Crippen MR) is 182 cm³/mol. The Kier molecular flexibility index (Phi) is 18.8. The molecular formula is C38H58O4S. The molecule has 0 aliphatic carbocycles. The molecule has 43 heavy (non-hydrogen) atoms. The van der Waals surface area contributed by atoms with Gasteiger partial charge in [-0.1, -0.05) is 76.4 Å². The highest BCUT2D eigenvalue weighted by Gasteiger charge is 2.25. The number of allylic oxidation sites excluding steroid dienone is 2. The van der Waals surface area contributed by atoms with Crippen LogP contribution in [0.5, 0.6) is 11.5 Å². The Morgan fingerprint density at radius 1 is 0.558 bits per heavy atom. The third-order valence-electron chi connectivity index (χ3n) is 7.97. The van der Waals surface area contributed by atoms with Crippen LogP contribution in [0.4, 0.5) is 0 Å². The molecule has 0 aliphatic heterocycles. The maximum absolute atomic E-state index is 14.2. The second kappa shape index (κ2) is 22.0. The molecule has 0 saturated heterocycles. The number of rotatable bonds is 26. The monoisotopic (exact) mass is 610 g/mol. The first kappa shape index (κ1) is 36.7. The van der Waals surface area contributed by atoms with E-state index in [0.29, 0.717) is 23.0 Å². The Hall–Kier alpha value is -2.53. The van der Waals surface area contributed by atoms with Crippen molar-refractivity contribution in [2.24, 2.45) is 0 Å². The van der Waals surface area contributed by atoms with Crippen molar-refractivity contribution in [2.75, 3.05) is 13.2 Å². The highest BCUT2D eigenvalue weighted by Crippen LogP contribution is 2.33. The summed E-state index contributed by atoms with van der Waals surface area (Å²) in [6.45, 7) is 12.6. The molecule has 0 aromatic heterocycles. The minimum atomic E-state index is -3.71. The largest absolute Gasteiger partial charge is 0.494 e. The van der Waals surface area contributed by atoms with Gasteiger partial charge < -0.3 is 9.47 Å². The molecule has 2 rings (SSSR count). The van der Waals surface area contributed by atoms with Gasteiger partial charge in [-0.05, 0) is 113 Å². The van der Waals surface area contributed by atoms with Crippen LogP contribution in [0.25, 0.3) is 0 Å². The van der Waals surface area contributed by atoms with E-state index < -0.39 is 9.84 Å². The number of benzene rings is 2. The molecule has 0 N–H and O–H groups in total. The summed E-state index contributed by atoms with van der Waals surface area (Å²) in [5.41, 5.74) is 1.71. The average Bonchev–Trinajstić information content (AvgIpc) is 3.00. The van der Waals surface area contributed by atoms with Gasteiger partial charge in [-0.15, -0.1) is 13.2 Å². The Bertz CT molecular complexity index is 1080. The van der Waals surface area contributed by atoms with Gasteiger partial charge in [0, 0.05) is 0 Å².